The molecule has 0 aliphatic carbocycles. The van der Waals surface area contributed by atoms with E-state index in [9.17, 15) is 13.6 Å². The van der Waals surface area contributed by atoms with Gasteiger partial charge in [0.15, 0.2) is 23.2 Å². The molecule has 4 heterocycles. The molecule has 1 aromatic carbocycles. The Morgan fingerprint density at radius 2 is 1.97 bits per heavy atom. The van der Waals surface area contributed by atoms with Crippen LogP contribution in [0, 0.1) is 24.4 Å². The van der Waals surface area contributed by atoms with Crippen LogP contribution in [0.1, 0.15) is 25.1 Å². The first-order valence-electron chi connectivity index (χ1n) is 11.1. The molecule has 0 bridgehead atoms. The van der Waals surface area contributed by atoms with Crippen LogP contribution in [0.4, 0.5) is 19.0 Å². The molecule has 2 aromatic heterocycles. The molecule has 2 aliphatic heterocycles. The van der Waals surface area contributed by atoms with Gasteiger partial charge in [-0.3, -0.25) is 9.55 Å². The summed E-state index contributed by atoms with van der Waals surface area (Å²) >= 11 is 0. The molecule has 0 spiro atoms. The third kappa shape index (κ3) is 4.20. The summed E-state index contributed by atoms with van der Waals surface area (Å²) in [6.07, 6.45) is 1.31. The largest absolute Gasteiger partial charge is 0.471 e. The van der Waals surface area contributed by atoms with Crippen LogP contribution in [0.15, 0.2) is 35.3 Å². The average Bonchev–Trinajstić information content (AvgIpc) is 3.11. The third-order valence-corrected chi connectivity index (χ3v) is 6.11. The Balaban J connectivity index is 1.38. The quantitative estimate of drug-likeness (QED) is 0.542. The van der Waals surface area contributed by atoms with Crippen molar-refractivity contribution in [2.75, 3.05) is 18.1 Å². The zero-order chi connectivity index (χ0) is 24.9. The minimum absolute atomic E-state index is 0.0740. The molecule has 35 heavy (non-hydrogen) atoms. The van der Waals surface area contributed by atoms with Crippen molar-refractivity contribution in [3.63, 3.8) is 0 Å². The number of nitrogens with zero attached hydrogens (tertiary/aromatic N) is 4. The van der Waals surface area contributed by atoms with Crippen LogP contribution in [-0.4, -0.2) is 39.3 Å². The van der Waals surface area contributed by atoms with Crippen LogP contribution >= 0.6 is 0 Å². The van der Waals surface area contributed by atoms with Gasteiger partial charge < -0.3 is 19.1 Å². The van der Waals surface area contributed by atoms with E-state index in [4.69, 9.17) is 14.2 Å². The van der Waals surface area contributed by atoms with Gasteiger partial charge in [0.25, 0.3) is 5.88 Å². The van der Waals surface area contributed by atoms with Gasteiger partial charge in [0.2, 0.25) is 5.82 Å². The predicted molar refractivity (Wildman–Crippen MR) is 119 cm³/mol. The zero-order valence-corrected chi connectivity index (χ0v) is 19.3. The number of halogens is 3. The van der Waals surface area contributed by atoms with Crippen molar-refractivity contribution in [1.29, 1.82) is 0 Å². The molecule has 184 valence electrons. The first kappa shape index (κ1) is 23.2. The first-order chi connectivity index (χ1) is 16.6. The summed E-state index contributed by atoms with van der Waals surface area (Å²) in [4.78, 5) is 22.1. The molecular weight excluding hydrogens is 465 g/mol. The molecule has 0 amide bonds. The van der Waals surface area contributed by atoms with Crippen molar-refractivity contribution in [1.82, 2.24) is 14.5 Å². The second-order valence-corrected chi connectivity index (χ2v) is 9.06. The topological polar surface area (TPSA) is 78.7 Å². The second kappa shape index (κ2) is 8.56. The molecule has 0 N–H and O–H groups in total. The van der Waals surface area contributed by atoms with E-state index in [-0.39, 0.29) is 29.8 Å². The van der Waals surface area contributed by atoms with Crippen LogP contribution in [0.3, 0.4) is 0 Å². The number of aryl methyl sites for hydroxylation is 1. The fourth-order valence-corrected chi connectivity index (χ4v) is 4.39. The molecule has 2 aliphatic rings. The van der Waals surface area contributed by atoms with Crippen molar-refractivity contribution < 1.29 is 27.4 Å². The fraction of sp³-hybridized carbons (Fsp3) is 0.375. The van der Waals surface area contributed by atoms with E-state index in [1.165, 1.54) is 22.9 Å². The van der Waals surface area contributed by atoms with Crippen LogP contribution in [0.25, 0.3) is 0 Å². The van der Waals surface area contributed by atoms with E-state index in [1.807, 2.05) is 13.8 Å². The lowest BCUT2D eigenvalue weighted by Gasteiger charge is -2.42. The molecule has 2 atom stereocenters. The number of morpholine rings is 1. The lowest BCUT2D eigenvalue weighted by Crippen LogP contribution is -2.56. The summed E-state index contributed by atoms with van der Waals surface area (Å²) < 4.78 is 62.3. The Morgan fingerprint density at radius 1 is 1.23 bits per heavy atom. The number of fused-ring (bicyclic) bond motifs is 3. The maximum absolute atomic E-state index is 15.4. The molecule has 1 saturated heterocycles. The summed E-state index contributed by atoms with van der Waals surface area (Å²) in [5.74, 6) is -3.54. The minimum atomic E-state index is -0.960. The SMILES string of the molecule is Cc1cc(Oc2c(F)cc(COc3nc(=O)n4c(c3F)N3C[C@H](C)OC[C@@]3(C)C4)cc2F)ccn1. The van der Waals surface area contributed by atoms with Gasteiger partial charge in [-0.15, -0.1) is 0 Å². The highest BCUT2D eigenvalue weighted by Gasteiger charge is 2.47. The van der Waals surface area contributed by atoms with E-state index < -0.39 is 46.9 Å². The molecule has 0 saturated carbocycles. The number of aromatic nitrogens is 3. The Hall–Kier alpha value is -3.60. The van der Waals surface area contributed by atoms with E-state index in [2.05, 4.69) is 9.97 Å². The monoisotopic (exact) mass is 488 g/mol. The highest BCUT2D eigenvalue weighted by molar-refractivity contribution is 5.51. The van der Waals surface area contributed by atoms with Gasteiger partial charge in [-0.1, -0.05) is 0 Å². The number of anilines is 1. The van der Waals surface area contributed by atoms with Crippen molar-refractivity contribution in [2.45, 2.75) is 45.6 Å². The van der Waals surface area contributed by atoms with E-state index in [0.717, 1.165) is 12.1 Å². The van der Waals surface area contributed by atoms with Crippen molar-refractivity contribution in [2.24, 2.45) is 0 Å². The average molecular weight is 488 g/mol. The molecule has 8 nitrogen and oxygen atoms in total. The van der Waals surface area contributed by atoms with Gasteiger partial charge in [0, 0.05) is 24.5 Å². The van der Waals surface area contributed by atoms with Crippen LogP contribution in [0.2, 0.25) is 0 Å². The minimum Gasteiger partial charge on any atom is -0.471 e. The molecule has 1 fully saturated rings. The number of hydrogen-bond acceptors (Lipinski definition) is 7. The predicted octanol–water partition coefficient (Wildman–Crippen LogP) is 3.73. The summed E-state index contributed by atoms with van der Waals surface area (Å²) in [6, 6.07) is 5.05. The highest BCUT2D eigenvalue weighted by Crippen LogP contribution is 2.39. The Kier molecular flexibility index (Phi) is 5.66. The summed E-state index contributed by atoms with van der Waals surface area (Å²) in [5, 5.41) is 0. The third-order valence-electron chi connectivity index (χ3n) is 6.11. The Labute approximate surface area is 198 Å². The number of hydrogen-bond donors (Lipinski definition) is 0. The number of rotatable bonds is 5. The van der Waals surface area contributed by atoms with E-state index in [1.54, 1.807) is 11.8 Å². The number of benzene rings is 1. The number of pyridine rings is 1. The maximum atomic E-state index is 15.4. The van der Waals surface area contributed by atoms with Crippen LogP contribution in [-0.2, 0) is 17.9 Å². The molecule has 5 rings (SSSR count). The van der Waals surface area contributed by atoms with Gasteiger partial charge >= 0.3 is 5.69 Å². The molecule has 0 unspecified atom stereocenters. The fourth-order valence-electron chi connectivity index (χ4n) is 4.39. The van der Waals surface area contributed by atoms with Crippen molar-refractivity contribution >= 4 is 5.82 Å². The van der Waals surface area contributed by atoms with E-state index in [0.29, 0.717) is 18.8 Å². The highest BCUT2D eigenvalue weighted by atomic mass is 19.1. The molecule has 11 heteroatoms. The molecule has 0 radical (unpaired) electrons. The normalized spacial score (nSPS) is 21.0. The van der Waals surface area contributed by atoms with Crippen LogP contribution in [0.5, 0.6) is 17.4 Å². The zero-order valence-electron chi connectivity index (χ0n) is 19.3. The number of ether oxygens (including phenoxy) is 3. The Bertz CT molecular complexity index is 1340. The maximum Gasteiger partial charge on any atom is 0.352 e. The van der Waals surface area contributed by atoms with Crippen LogP contribution < -0.4 is 20.1 Å². The second-order valence-electron chi connectivity index (χ2n) is 9.06. The van der Waals surface area contributed by atoms with Gasteiger partial charge in [-0.05, 0) is 44.5 Å². The first-order valence-corrected chi connectivity index (χ1v) is 11.1. The summed E-state index contributed by atoms with van der Waals surface area (Å²) in [7, 11) is 0. The molecule has 3 aromatic rings. The van der Waals surface area contributed by atoms with Gasteiger partial charge in [-0.2, -0.15) is 9.37 Å². The lowest BCUT2D eigenvalue weighted by atomic mass is 10.0. The molecular formula is C24H23F3N4O4. The summed E-state index contributed by atoms with van der Waals surface area (Å²) in [6.45, 7) is 6.01. The Morgan fingerprint density at radius 3 is 2.69 bits per heavy atom. The van der Waals surface area contributed by atoms with Gasteiger partial charge in [0.1, 0.15) is 12.4 Å². The van der Waals surface area contributed by atoms with Crippen molar-refractivity contribution in [3.8, 4) is 17.4 Å². The van der Waals surface area contributed by atoms with E-state index >= 15 is 4.39 Å². The van der Waals surface area contributed by atoms with Gasteiger partial charge in [-0.25, -0.2) is 13.6 Å². The lowest BCUT2D eigenvalue weighted by molar-refractivity contribution is 0.00295. The smallest absolute Gasteiger partial charge is 0.352 e. The summed E-state index contributed by atoms with van der Waals surface area (Å²) in [5.41, 5.74) is -0.562. The van der Waals surface area contributed by atoms with Gasteiger partial charge in [0.05, 0.1) is 24.8 Å². The van der Waals surface area contributed by atoms with Crippen molar-refractivity contribution in [3.05, 3.63) is 69.7 Å². The standard InChI is InChI=1S/C24H23F3N4O4/c1-13-6-16(4-5-28-13)35-20-17(25)7-15(8-18(20)26)10-33-21-19(27)22-30(23(32)29-21)11-24(3)12-34-14(2)9-31(22)24/h4-8,14H,9-12H2,1-3H3/t14-,24+/m0/s1.